The molecule has 1 heterocycles. The number of aryl methyl sites for hydroxylation is 1. The van der Waals surface area contributed by atoms with Gasteiger partial charge in [-0.15, -0.1) is 0 Å². The number of phenols is 1. The van der Waals surface area contributed by atoms with Gasteiger partial charge >= 0.3 is 0 Å². The molecule has 0 saturated heterocycles. The first-order valence-electron chi connectivity index (χ1n) is 3.84. The molecule has 0 atom stereocenters. The van der Waals surface area contributed by atoms with Crippen LogP contribution in [0, 0.1) is 18.3 Å². The summed E-state index contributed by atoms with van der Waals surface area (Å²) in [6, 6.07) is 6.77. The van der Waals surface area contributed by atoms with Crippen LogP contribution in [0.1, 0.15) is 11.3 Å². The van der Waals surface area contributed by atoms with Crippen molar-refractivity contribution in [2.45, 2.75) is 6.92 Å². The zero-order chi connectivity index (χ0) is 9.42. The fourth-order valence-corrected chi connectivity index (χ4v) is 1.32. The lowest BCUT2D eigenvalue weighted by Crippen LogP contribution is -1.71. The summed E-state index contributed by atoms with van der Waals surface area (Å²) in [5, 5.41) is 18.7. The molecule has 1 N–H and O–H groups in total. The molecule has 0 aliphatic carbocycles. The summed E-state index contributed by atoms with van der Waals surface area (Å²) in [5.74, 6) is 0.450. The summed E-state index contributed by atoms with van der Waals surface area (Å²) in [6.07, 6.45) is 0. The third kappa shape index (κ3) is 1.04. The van der Waals surface area contributed by atoms with Gasteiger partial charge in [0.2, 0.25) is 5.76 Å². The standard InChI is InChI=1S/C10H7NO2/c1-6-8-3-2-7(12)4-9(8)13-10(6)5-11/h2-4,12H,1H3. The van der Waals surface area contributed by atoms with Crippen molar-refractivity contribution < 1.29 is 9.52 Å². The van der Waals surface area contributed by atoms with E-state index in [9.17, 15) is 0 Å². The summed E-state index contributed by atoms with van der Waals surface area (Å²) >= 11 is 0. The maximum atomic E-state index is 9.16. The van der Waals surface area contributed by atoms with E-state index in [0.717, 1.165) is 10.9 Å². The van der Waals surface area contributed by atoms with Gasteiger partial charge in [0, 0.05) is 17.0 Å². The van der Waals surface area contributed by atoms with Gasteiger partial charge in [-0.05, 0) is 19.1 Å². The Labute approximate surface area is 74.8 Å². The minimum atomic E-state index is 0.144. The minimum absolute atomic E-state index is 0.144. The van der Waals surface area contributed by atoms with E-state index in [1.165, 1.54) is 6.07 Å². The Morgan fingerprint density at radius 1 is 1.46 bits per heavy atom. The predicted molar refractivity (Wildman–Crippen MR) is 47.3 cm³/mol. The number of hydrogen-bond acceptors (Lipinski definition) is 3. The Hall–Kier alpha value is -1.95. The van der Waals surface area contributed by atoms with Gasteiger partial charge in [-0.25, -0.2) is 0 Å². The molecule has 0 saturated carbocycles. The summed E-state index contributed by atoms with van der Waals surface area (Å²) in [6.45, 7) is 1.82. The predicted octanol–water partition coefficient (Wildman–Crippen LogP) is 2.32. The lowest BCUT2D eigenvalue weighted by molar-refractivity contribution is 0.474. The number of furan rings is 1. The molecule has 0 aliphatic heterocycles. The van der Waals surface area contributed by atoms with Crippen LogP contribution in [0.4, 0.5) is 0 Å². The highest BCUT2D eigenvalue weighted by Gasteiger charge is 2.09. The molecule has 13 heavy (non-hydrogen) atoms. The van der Waals surface area contributed by atoms with E-state index in [0.29, 0.717) is 11.3 Å². The van der Waals surface area contributed by atoms with Crippen LogP contribution in [-0.4, -0.2) is 5.11 Å². The van der Waals surface area contributed by atoms with E-state index in [2.05, 4.69) is 0 Å². The van der Waals surface area contributed by atoms with Gasteiger partial charge in [0.05, 0.1) is 0 Å². The van der Waals surface area contributed by atoms with Gasteiger partial charge in [-0.1, -0.05) is 0 Å². The number of hydrogen-bond donors (Lipinski definition) is 1. The third-order valence-corrected chi connectivity index (χ3v) is 2.02. The van der Waals surface area contributed by atoms with Gasteiger partial charge in [0.25, 0.3) is 0 Å². The van der Waals surface area contributed by atoms with Crippen LogP contribution in [0.25, 0.3) is 11.0 Å². The summed E-state index contributed by atoms with van der Waals surface area (Å²) < 4.78 is 5.21. The fourth-order valence-electron chi connectivity index (χ4n) is 1.32. The van der Waals surface area contributed by atoms with Crippen molar-refractivity contribution in [3.05, 3.63) is 29.5 Å². The first kappa shape index (κ1) is 7.69. The van der Waals surface area contributed by atoms with Gasteiger partial charge in [0.15, 0.2) is 0 Å². The maximum Gasteiger partial charge on any atom is 0.207 e. The van der Waals surface area contributed by atoms with Crippen LogP contribution in [-0.2, 0) is 0 Å². The van der Waals surface area contributed by atoms with Crippen LogP contribution in [0.15, 0.2) is 22.6 Å². The number of nitriles is 1. The smallest absolute Gasteiger partial charge is 0.207 e. The van der Waals surface area contributed by atoms with Gasteiger partial charge in [-0.3, -0.25) is 0 Å². The molecule has 2 rings (SSSR count). The van der Waals surface area contributed by atoms with E-state index in [4.69, 9.17) is 14.8 Å². The molecular formula is C10H7NO2. The minimum Gasteiger partial charge on any atom is -0.508 e. The molecule has 0 spiro atoms. The third-order valence-electron chi connectivity index (χ3n) is 2.02. The van der Waals surface area contributed by atoms with E-state index < -0.39 is 0 Å². The average Bonchev–Trinajstić information content (AvgIpc) is 2.42. The number of fused-ring (bicyclic) bond motifs is 1. The quantitative estimate of drug-likeness (QED) is 0.665. The van der Waals surface area contributed by atoms with E-state index in [1.807, 2.05) is 13.0 Å². The second kappa shape index (κ2) is 2.53. The van der Waals surface area contributed by atoms with Crippen LogP contribution in [0.3, 0.4) is 0 Å². The molecule has 0 unspecified atom stereocenters. The summed E-state index contributed by atoms with van der Waals surface area (Å²) in [7, 11) is 0. The topological polar surface area (TPSA) is 57.2 Å². The van der Waals surface area contributed by atoms with Crippen molar-refractivity contribution >= 4 is 11.0 Å². The Morgan fingerprint density at radius 2 is 2.23 bits per heavy atom. The number of benzene rings is 1. The van der Waals surface area contributed by atoms with E-state index >= 15 is 0 Å². The monoisotopic (exact) mass is 173 g/mol. The van der Waals surface area contributed by atoms with Crippen molar-refractivity contribution in [1.29, 1.82) is 5.26 Å². The molecular weight excluding hydrogens is 166 g/mol. The summed E-state index contributed by atoms with van der Waals surface area (Å²) in [4.78, 5) is 0. The molecule has 0 amide bonds. The zero-order valence-electron chi connectivity index (χ0n) is 7.03. The second-order valence-corrected chi connectivity index (χ2v) is 2.85. The van der Waals surface area contributed by atoms with Gasteiger partial charge in [0.1, 0.15) is 17.4 Å². The Morgan fingerprint density at radius 3 is 2.92 bits per heavy atom. The number of aromatic hydroxyl groups is 1. The molecule has 3 nitrogen and oxygen atoms in total. The van der Waals surface area contributed by atoms with Crippen molar-refractivity contribution in [3.63, 3.8) is 0 Å². The Balaban J connectivity index is 2.86. The van der Waals surface area contributed by atoms with Crippen molar-refractivity contribution in [1.82, 2.24) is 0 Å². The number of rotatable bonds is 0. The number of phenolic OH excluding ortho intramolecular Hbond substituents is 1. The van der Waals surface area contributed by atoms with Crippen LogP contribution >= 0.6 is 0 Å². The Bertz CT molecular complexity index is 505. The molecule has 0 radical (unpaired) electrons. The van der Waals surface area contributed by atoms with Crippen LogP contribution in [0.5, 0.6) is 5.75 Å². The largest absolute Gasteiger partial charge is 0.508 e. The lowest BCUT2D eigenvalue weighted by Gasteiger charge is -1.89. The highest BCUT2D eigenvalue weighted by Crippen LogP contribution is 2.27. The molecule has 2 aromatic rings. The lowest BCUT2D eigenvalue weighted by atomic mass is 10.1. The first-order valence-corrected chi connectivity index (χ1v) is 3.84. The molecule has 0 fully saturated rings. The molecule has 3 heteroatoms. The van der Waals surface area contributed by atoms with E-state index in [1.54, 1.807) is 12.1 Å². The normalized spacial score (nSPS) is 10.2. The average molecular weight is 173 g/mol. The molecule has 1 aromatic heterocycles. The highest BCUT2D eigenvalue weighted by atomic mass is 16.3. The number of nitrogens with zero attached hydrogens (tertiary/aromatic N) is 1. The van der Waals surface area contributed by atoms with Crippen molar-refractivity contribution in [2.24, 2.45) is 0 Å². The molecule has 64 valence electrons. The zero-order valence-corrected chi connectivity index (χ0v) is 7.03. The van der Waals surface area contributed by atoms with Crippen LogP contribution in [0.2, 0.25) is 0 Å². The van der Waals surface area contributed by atoms with Crippen LogP contribution < -0.4 is 0 Å². The van der Waals surface area contributed by atoms with Gasteiger partial charge in [-0.2, -0.15) is 5.26 Å². The summed E-state index contributed by atoms with van der Waals surface area (Å²) in [5.41, 5.74) is 1.37. The second-order valence-electron chi connectivity index (χ2n) is 2.85. The SMILES string of the molecule is Cc1c(C#N)oc2cc(O)ccc12. The van der Waals surface area contributed by atoms with Crippen molar-refractivity contribution in [2.75, 3.05) is 0 Å². The van der Waals surface area contributed by atoms with Gasteiger partial charge < -0.3 is 9.52 Å². The highest BCUT2D eigenvalue weighted by molar-refractivity contribution is 5.84. The molecule has 0 bridgehead atoms. The molecule has 1 aromatic carbocycles. The fraction of sp³-hybridized carbons (Fsp3) is 0.100. The van der Waals surface area contributed by atoms with Crippen molar-refractivity contribution in [3.8, 4) is 11.8 Å². The first-order chi connectivity index (χ1) is 6.22. The Kier molecular flexibility index (Phi) is 1.49. The molecule has 0 aliphatic rings. The maximum absolute atomic E-state index is 9.16. The van der Waals surface area contributed by atoms with E-state index in [-0.39, 0.29) is 5.75 Å².